The minimum atomic E-state index is -0.931. The summed E-state index contributed by atoms with van der Waals surface area (Å²) in [7, 11) is 0. The third-order valence-electron chi connectivity index (χ3n) is 3.17. The third kappa shape index (κ3) is 2.69. The Bertz CT molecular complexity index is 646. The third-order valence-corrected chi connectivity index (χ3v) is 3.78. The molecule has 0 radical (unpaired) electrons. The van der Waals surface area contributed by atoms with E-state index in [2.05, 4.69) is 31.5 Å². The van der Waals surface area contributed by atoms with Gasteiger partial charge in [-0.2, -0.15) is 0 Å². The first-order valence-electron chi connectivity index (χ1n) is 5.88. The van der Waals surface area contributed by atoms with E-state index in [0.717, 1.165) is 0 Å². The van der Waals surface area contributed by atoms with Gasteiger partial charge in [-0.1, -0.05) is 0 Å². The molecule has 0 amide bonds. The zero-order valence-electron chi connectivity index (χ0n) is 10.8. The molecule has 1 aromatic carbocycles. The molecule has 0 aliphatic heterocycles. The summed E-state index contributed by atoms with van der Waals surface area (Å²) >= 11 is 3.10. The predicted molar refractivity (Wildman–Crippen MR) is 72.4 cm³/mol. The molecule has 0 saturated heterocycles. The number of benzene rings is 1. The van der Waals surface area contributed by atoms with Gasteiger partial charge in [0.05, 0.1) is 16.4 Å². The van der Waals surface area contributed by atoms with Crippen molar-refractivity contribution >= 4 is 21.9 Å². The molecule has 0 spiro atoms. The monoisotopic (exact) mass is 342 g/mol. The normalized spacial score (nSPS) is 14.0. The highest BCUT2D eigenvalue weighted by atomic mass is 79.9. The summed E-state index contributed by atoms with van der Waals surface area (Å²) in [6, 6.07) is 3.96. The lowest BCUT2D eigenvalue weighted by Crippen LogP contribution is -2.23. The second-order valence-corrected chi connectivity index (χ2v) is 5.30. The van der Waals surface area contributed by atoms with Crippen LogP contribution in [-0.2, 0) is 4.79 Å². The summed E-state index contributed by atoms with van der Waals surface area (Å²) in [5, 5.41) is 20.3. The van der Waals surface area contributed by atoms with E-state index in [0.29, 0.717) is 15.9 Å². The maximum Gasteiger partial charge on any atom is 0.308 e. The van der Waals surface area contributed by atoms with Crippen molar-refractivity contribution in [3.05, 3.63) is 28.5 Å². The maximum atomic E-state index is 13.3. The Labute approximate surface area is 122 Å². The van der Waals surface area contributed by atoms with Crippen LogP contribution in [0, 0.1) is 11.7 Å². The molecule has 2 aromatic rings. The molecule has 6 nitrogen and oxygen atoms in total. The average Bonchev–Trinajstić information content (AvgIpc) is 2.89. The first kappa shape index (κ1) is 14.6. The second-order valence-electron chi connectivity index (χ2n) is 4.44. The van der Waals surface area contributed by atoms with Crippen LogP contribution in [0.3, 0.4) is 0 Å². The molecule has 2 atom stereocenters. The zero-order valence-corrected chi connectivity index (χ0v) is 12.4. The van der Waals surface area contributed by atoms with Gasteiger partial charge in [0.25, 0.3) is 0 Å². The van der Waals surface area contributed by atoms with Crippen molar-refractivity contribution in [1.82, 2.24) is 20.2 Å². The Morgan fingerprint density at radius 1 is 1.45 bits per heavy atom. The Morgan fingerprint density at radius 2 is 2.15 bits per heavy atom. The molecule has 0 bridgehead atoms. The van der Waals surface area contributed by atoms with E-state index in [1.165, 1.54) is 10.7 Å². The van der Waals surface area contributed by atoms with Gasteiger partial charge in [-0.05, 0) is 58.4 Å². The fourth-order valence-corrected chi connectivity index (χ4v) is 2.09. The summed E-state index contributed by atoms with van der Waals surface area (Å²) in [5.74, 6) is -1.58. The lowest BCUT2D eigenvalue weighted by atomic mass is 10.0. The standard InChI is InChI=1S/C12H12BrFN4O2/c1-6(12(19)20)7(2)18-11(15-16-17-18)8-3-4-10(14)9(13)5-8/h3-7H,1-2H3,(H,19,20). The van der Waals surface area contributed by atoms with E-state index in [1.807, 2.05) is 0 Å². The fraction of sp³-hybridized carbons (Fsp3) is 0.333. The van der Waals surface area contributed by atoms with Crippen LogP contribution in [0.15, 0.2) is 22.7 Å². The number of carboxylic acid groups (broad SMARTS) is 1. The predicted octanol–water partition coefficient (Wildman–Crippen LogP) is 2.52. The number of rotatable bonds is 4. The minimum absolute atomic E-state index is 0.295. The van der Waals surface area contributed by atoms with Gasteiger partial charge in [-0.25, -0.2) is 9.07 Å². The van der Waals surface area contributed by atoms with Crippen LogP contribution in [-0.4, -0.2) is 31.3 Å². The van der Waals surface area contributed by atoms with Gasteiger partial charge in [0.2, 0.25) is 0 Å². The summed E-state index contributed by atoms with van der Waals surface area (Å²) in [4.78, 5) is 11.0. The number of hydrogen-bond donors (Lipinski definition) is 1. The molecule has 1 N–H and O–H groups in total. The summed E-state index contributed by atoms with van der Waals surface area (Å²) in [6.07, 6.45) is 0. The first-order chi connectivity index (χ1) is 9.41. The highest BCUT2D eigenvalue weighted by molar-refractivity contribution is 9.10. The molecule has 1 heterocycles. The number of carboxylic acids is 1. The minimum Gasteiger partial charge on any atom is -0.481 e. The molecule has 0 aliphatic rings. The highest BCUT2D eigenvalue weighted by Crippen LogP contribution is 2.26. The number of tetrazole rings is 1. The molecule has 2 unspecified atom stereocenters. The van der Waals surface area contributed by atoms with Crippen molar-refractivity contribution in [2.75, 3.05) is 0 Å². The lowest BCUT2D eigenvalue weighted by Gasteiger charge is -2.17. The van der Waals surface area contributed by atoms with Crippen LogP contribution in [0.1, 0.15) is 19.9 Å². The smallest absolute Gasteiger partial charge is 0.308 e. The molecule has 20 heavy (non-hydrogen) atoms. The number of hydrogen-bond acceptors (Lipinski definition) is 4. The van der Waals surface area contributed by atoms with E-state index in [4.69, 9.17) is 5.11 Å². The number of nitrogens with zero attached hydrogens (tertiary/aromatic N) is 4. The molecule has 0 aliphatic carbocycles. The van der Waals surface area contributed by atoms with Crippen molar-refractivity contribution in [1.29, 1.82) is 0 Å². The van der Waals surface area contributed by atoms with Crippen molar-refractivity contribution in [3.63, 3.8) is 0 Å². The Kier molecular flexibility index (Phi) is 4.12. The molecular weight excluding hydrogens is 331 g/mol. The maximum absolute atomic E-state index is 13.3. The molecular formula is C12H12BrFN4O2. The molecule has 2 rings (SSSR count). The molecule has 0 saturated carbocycles. The van der Waals surface area contributed by atoms with Gasteiger partial charge in [0.15, 0.2) is 5.82 Å². The number of carbonyl (C=O) groups is 1. The topological polar surface area (TPSA) is 80.9 Å². The van der Waals surface area contributed by atoms with E-state index < -0.39 is 17.9 Å². The van der Waals surface area contributed by atoms with Gasteiger partial charge in [0.1, 0.15) is 5.82 Å². The van der Waals surface area contributed by atoms with Gasteiger partial charge in [-0.15, -0.1) is 5.10 Å². The van der Waals surface area contributed by atoms with Crippen LogP contribution >= 0.6 is 15.9 Å². The Hall–Kier alpha value is -1.83. The van der Waals surface area contributed by atoms with Gasteiger partial charge in [0, 0.05) is 5.56 Å². The summed E-state index contributed by atoms with van der Waals surface area (Å²) in [5.41, 5.74) is 0.604. The first-order valence-corrected chi connectivity index (χ1v) is 6.67. The van der Waals surface area contributed by atoms with E-state index in [1.54, 1.807) is 26.0 Å². The van der Waals surface area contributed by atoms with Crippen LogP contribution < -0.4 is 0 Å². The largest absolute Gasteiger partial charge is 0.481 e. The number of aliphatic carboxylic acids is 1. The lowest BCUT2D eigenvalue weighted by molar-refractivity contribution is -0.142. The van der Waals surface area contributed by atoms with Crippen molar-refractivity contribution in [2.24, 2.45) is 5.92 Å². The highest BCUT2D eigenvalue weighted by Gasteiger charge is 2.25. The summed E-state index contributed by atoms with van der Waals surface area (Å²) < 4.78 is 15.0. The zero-order chi connectivity index (χ0) is 14.9. The Balaban J connectivity index is 2.42. The molecule has 0 fully saturated rings. The van der Waals surface area contributed by atoms with Crippen LogP contribution in [0.5, 0.6) is 0 Å². The molecule has 8 heteroatoms. The van der Waals surface area contributed by atoms with Gasteiger partial charge in [-0.3, -0.25) is 4.79 Å². The molecule has 1 aromatic heterocycles. The van der Waals surface area contributed by atoms with Crippen LogP contribution in [0.4, 0.5) is 4.39 Å². The van der Waals surface area contributed by atoms with E-state index >= 15 is 0 Å². The molecule has 106 valence electrons. The fourth-order valence-electron chi connectivity index (χ4n) is 1.71. The van der Waals surface area contributed by atoms with E-state index in [-0.39, 0.29) is 5.82 Å². The summed E-state index contributed by atoms with van der Waals surface area (Å²) in [6.45, 7) is 3.30. The second kappa shape index (κ2) is 5.66. The van der Waals surface area contributed by atoms with Crippen LogP contribution in [0.2, 0.25) is 0 Å². The number of halogens is 2. The van der Waals surface area contributed by atoms with Gasteiger partial charge >= 0.3 is 5.97 Å². The van der Waals surface area contributed by atoms with Crippen molar-refractivity contribution in [3.8, 4) is 11.4 Å². The average molecular weight is 343 g/mol. The number of aromatic nitrogens is 4. The van der Waals surface area contributed by atoms with Gasteiger partial charge < -0.3 is 5.11 Å². The van der Waals surface area contributed by atoms with E-state index in [9.17, 15) is 9.18 Å². The Morgan fingerprint density at radius 3 is 2.75 bits per heavy atom. The van der Waals surface area contributed by atoms with Crippen molar-refractivity contribution < 1.29 is 14.3 Å². The SMILES string of the molecule is CC(C(=O)O)C(C)n1nnnc1-c1ccc(F)c(Br)c1. The van der Waals surface area contributed by atoms with Crippen LogP contribution in [0.25, 0.3) is 11.4 Å². The quantitative estimate of drug-likeness (QED) is 0.923. The van der Waals surface area contributed by atoms with Crippen molar-refractivity contribution in [2.45, 2.75) is 19.9 Å².